The van der Waals surface area contributed by atoms with E-state index in [0.29, 0.717) is 25.4 Å². The van der Waals surface area contributed by atoms with Crippen LogP contribution in [0.2, 0.25) is 0 Å². The van der Waals surface area contributed by atoms with Gasteiger partial charge >= 0.3 is 6.03 Å². The summed E-state index contributed by atoms with van der Waals surface area (Å²) >= 11 is 0. The van der Waals surface area contributed by atoms with Crippen molar-refractivity contribution in [1.29, 1.82) is 0 Å². The van der Waals surface area contributed by atoms with Crippen LogP contribution in [0.25, 0.3) is 0 Å². The summed E-state index contributed by atoms with van der Waals surface area (Å²) in [7, 11) is 3.28. The highest BCUT2D eigenvalue weighted by atomic mass is 16.5. The number of amides is 2. The van der Waals surface area contributed by atoms with E-state index in [0.717, 1.165) is 36.6 Å². The summed E-state index contributed by atoms with van der Waals surface area (Å²) in [5.74, 6) is 2.34. The lowest BCUT2D eigenvalue weighted by atomic mass is 9.99. The molecule has 0 saturated carbocycles. The lowest BCUT2D eigenvalue weighted by molar-refractivity contribution is 0.138. The molecule has 1 fully saturated rings. The first-order valence-electron chi connectivity index (χ1n) is 10.7. The van der Waals surface area contributed by atoms with Gasteiger partial charge in [0.25, 0.3) is 0 Å². The van der Waals surface area contributed by atoms with Crippen molar-refractivity contribution >= 4 is 6.03 Å². The number of methoxy groups -OCH3 is 2. The fourth-order valence-electron chi connectivity index (χ4n) is 4.47. The van der Waals surface area contributed by atoms with Gasteiger partial charge in [0, 0.05) is 19.6 Å². The van der Waals surface area contributed by atoms with Crippen LogP contribution in [0.3, 0.4) is 0 Å². The van der Waals surface area contributed by atoms with Gasteiger partial charge in [-0.25, -0.2) is 4.79 Å². The van der Waals surface area contributed by atoms with Crippen LogP contribution in [-0.4, -0.2) is 56.2 Å². The maximum Gasteiger partial charge on any atom is 0.317 e. The maximum absolute atomic E-state index is 13.0. The van der Waals surface area contributed by atoms with Crippen molar-refractivity contribution < 1.29 is 18.7 Å². The molecule has 4 rings (SSSR count). The van der Waals surface area contributed by atoms with Crippen molar-refractivity contribution in [2.75, 3.05) is 40.4 Å². The molecule has 1 aromatic heterocycles. The minimum Gasteiger partial charge on any atom is -0.493 e. The fraction of sp³-hybridized carbons (Fsp3) is 0.522. The van der Waals surface area contributed by atoms with Crippen LogP contribution in [0.4, 0.5) is 4.79 Å². The molecule has 0 spiro atoms. The van der Waals surface area contributed by atoms with Gasteiger partial charge in [-0.3, -0.25) is 4.90 Å². The van der Waals surface area contributed by atoms with Gasteiger partial charge in [-0.05, 0) is 67.7 Å². The quantitative estimate of drug-likeness (QED) is 0.784. The molecular weight excluding hydrogens is 382 g/mol. The molecule has 30 heavy (non-hydrogen) atoms. The van der Waals surface area contributed by atoms with Gasteiger partial charge in [0.2, 0.25) is 0 Å². The number of benzene rings is 1. The van der Waals surface area contributed by atoms with E-state index in [-0.39, 0.29) is 12.1 Å². The maximum atomic E-state index is 13.0. The topological polar surface area (TPSA) is 67.2 Å². The number of likely N-dealkylation sites (tertiary alicyclic amines) is 1. The summed E-state index contributed by atoms with van der Waals surface area (Å²) in [4.78, 5) is 17.2. The number of nitrogens with zero attached hydrogens (tertiary/aromatic N) is 2. The monoisotopic (exact) mass is 413 g/mol. The SMILES string of the molecule is COc1cc2c(cc1OC)CN(C(=O)NCC(c1ccco1)N1CCCCC1)CC2. The summed E-state index contributed by atoms with van der Waals surface area (Å²) in [6.07, 6.45) is 6.17. The molecule has 7 heteroatoms. The number of furan rings is 1. The van der Waals surface area contributed by atoms with Crippen LogP contribution < -0.4 is 14.8 Å². The Balaban J connectivity index is 1.41. The molecule has 1 saturated heterocycles. The van der Waals surface area contributed by atoms with E-state index < -0.39 is 0 Å². The summed E-state index contributed by atoms with van der Waals surface area (Å²) in [5.41, 5.74) is 2.31. The first-order chi connectivity index (χ1) is 14.7. The van der Waals surface area contributed by atoms with Gasteiger partial charge < -0.3 is 24.1 Å². The first-order valence-corrected chi connectivity index (χ1v) is 10.7. The molecule has 1 unspecified atom stereocenters. The van der Waals surface area contributed by atoms with Crippen LogP contribution in [0, 0.1) is 0 Å². The van der Waals surface area contributed by atoms with E-state index in [2.05, 4.69) is 10.2 Å². The molecule has 2 aliphatic heterocycles. The van der Waals surface area contributed by atoms with Crippen LogP contribution in [0.5, 0.6) is 11.5 Å². The highest BCUT2D eigenvalue weighted by molar-refractivity contribution is 5.74. The third-order valence-electron chi connectivity index (χ3n) is 6.15. The fourth-order valence-corrected chi connectivity index (χ4v) is 4.47. The zero-order valence-electron chi connectivity index (χ0n) is 17.9. The Bertz CT molecular complexity index is 846. The number of urea groups is 1. The van der Waals surface area contributed by atoms with Gasteiger partial charge in [0.15, 0.2) is 11.5 Å². The normalized spacial score (nSPS) is 17.9. The average Bonchev–Trinajstić information content (AvgIpc) is 3.33. The summed E-state index contributed by atoms with van der Waals surface area (Å²) < 4.78 is 16.5. The predicted molar refractivity (Wildman–Crippen MR) is 114 cm³/mol. The molecule has 0 radical (unpaired) electrons. The van der Waals surface area contributed by atoms with Crippen molar-refractivity contribution in [1.82, 2.24) is 15.1 Å². The van der Waals surface area contributed by atoms with Crippen molar-refractivity contribution in [3.8, 4) is 11.5 Å². The number of carbonyl (C=O) groups is 1. The van der Waals surface area contributed by atoms with E-state index in [1.807, 2.05) is 29.2 Å². The third-order valence-corrected chi connectivity index (χ3v) is 6.15. The Hall–Kier alpha value is -2.67. The molecule has 1 aromatic carbocycles. The number of ether oxygens (including phenoxy) is 2. The smallest absolute Gasteiger partial charge is 0.317 e. The third kappa shape index (κ3) is 4.41. The number of carbonyl (C=O) groups excluding carboxylic acids is 1. The van der Waals surface area contributed by atoms with Gasteiger partial charge in [-0.1, -0.05) is 6.42 Å². The van der Waals surface area contributed by atoms with E-state index in [1.165, 1.54) is 24.8 Å². The lowest BCUT2D eigenvalue weighted by Crippen LogP contribution is -2.46. The minimum absolute atomic E-state index is 0.0380. The van der Waals surface area contributed by atoms with Gasteiger partial charge in [0.05, 0.1) is 26.5 Å². The summed E-state index contributed by atoms with van der Waals surface area (Å²) in [5, 5.41) is 3.15. The minimum atomic E-state index is -0.0380. The van der Waals surface area contributed by atoms with Crippen LogP contribution in [0.1, 0.15) is 42.2 Å². The molecule has 7 nitrogen and oxygen atoms in total. The molecule has 2 aromatic rings. The average molecular weight is 414 g/mol. The zero-order chi connectivity index (χ0) is 20.9. The second-order valence-electron chi connectivity index (χ2n) is 7.96. The molecule has 2 aliphatic rings. The van der Waals surface area contributed by atoms with Crippen molar-refractivity contribution in [3.63, 3.8) is 0 Å². The molecule has 162 valence electrons. The van der Waals surface area contributed by atoms with Crippen molar-refractivity contribution in [3.05, 3.63) is 47.4 Å². The Morgan fingerprint density at radius 2 is 1.83 bits per heavy atom. The molecule has 0 bridgehead atoms. The van der Waals surface area contributed by atoms with E-state index >= 15 is 0 Å². The lowest BCUT2D eigenvalue weighted by Gasteiger charge is -2.34. The van der Waals surface area contributed by atoms with Crippen LogP contribution >= 0.6 is 0 Å². The molecule has 1 atom stereocenters. The Kier molecular flexibility index (Phi) is 6.47. The number of nitrogens with one attached hydrogen (secondary N) is 1. The Morgan fingerprint density at radius 1 is 1.10 bits per heavy atom. The van der Waals surface area contributed by atoms with E-state index in [4.69, 9.17) is 13.9 Å². The highest BCUT2D eigenvalue weighted by Crippen LogP contribution is 2.33. The molecule has 0 aliphatic carbocycles. The zero-order valence-corrected chi connectivity index (χ0v) is 17.9. The number of piperidine rings is 1. The number of hydrogen-bond acceptors (Lipinski definition) is 5. The standard InChI is InChI=1S/C23H31N3O4/c1-28-21-13-17-8-11-26(16-18(17)14-22(21)29-2)23(27)24-15-19(20-7-6-12-30-20)25-9-4-3-5-10-25/h6-7,12-14,19H,3-5,8-11,15-16H2,1-2H3,(H,24,27). The second-order valence-corrected chi connectivity index (χ2v) is 7.96. The number of fused-ring (bicyclic) bond motifs is 1. The van der Waals surface area contributed by atoms with Crippen molar-refractivity contribution in [2.24, 2.45) is 0 Å². The van der Waals surface area contributed by atoms with Crippen LogP contribution in [0.15, 0.2) is 34.9 Å². The Labute approximate surface area is 177 Å². The number of rotatable bonds is 6. The molecule has 2 amide bonds. The number of hydrogen-bond donors (Lipinski definition) is 1. The summed E-state index contributed by atoms with van der Waals surface area (Å²) in [6.45, 7) is 3.88. The van der Waals surface area contributed by atoms with Gasteiger partial charge in [0.1, 0.15) is 5.76 Å². The predicted octanol–water partition coefficient (Wildman–Crippen LogP) is 3.59. The van der Waals surface area contributed by atoms with Crippen molar-refractivity contribution in [2.45, 2.75) is 38.3 Å². The van der Waals surface area contributed by atoms with E-state index in [9.17, 15) is 4.79 Å². The van der Waals surface area contributed by atoms with E-state index in [1.54, 1.807) is 20.5 Å². The highest BCUT2D eigenvalue weighted by Gasteiger charge is 2.27. The largest absolute Gasteiger partial charge is 0.493 e. The second kappa shape index (κ2) is 9.43. The Morgan fingerprint density at radius 3 is 2.50 bits per heavy atom. The van der Waals surface area contributed by atoms with Gasteiger partial charge in [-0.15, -0.1) is 0 Å². The molecular formula is C23H31N3O4. The first kappa shape index (κ1) is 20.6. The molecule has 1 N–H and O–H groups in total. The van der Waals surface area contributed by atoms with Gasteiger partial charge in [-0.2, -0.15) is 0 Å². The molecule has 3 heterocycles. The van der Waals surface area contributed by atoms with Crippen LogP contribution in [-0.2, 0) is 13.0 Å². The summed E-state index contributed by atoms with van der Waals surface area (Å²) in [6, 6.07) is 7.95.